The van der Waals surface area contributed by atoms with Gasteiger partial charge in [0.2, 0.25) is 0 Å². The summed E-state index contributed by atoms with van der Waals surface area (Å²) in [6.07, 6.45) is 7.30. The van der Waals surface area contributed by atoms with Crippen LogP contribution in [0.1, 0.15) is 50.4 Å². The molecule has 1 saturated carbocycles. The minimum Gasteiger partial charge on any atom is -0.395 e. The summed E-state index contributed by atoms with van der Waals surface area (Å²) in [6.45, 7) is 4.52. The number of likely N-dealkylation sites (tertiary alicyclic amines) is 2. The van der Waals surface area contributed by atoms with Crippen molar-refractivity contribution < 1.29 is 5.11 Å². The zero-order chi connectivity index (χ0) is 14.9. The Labute approximate surface area is 131 Å². The van der Waals surface area contributed by atoms with E-state index in [9.17, 15) is 5.11 Å². The summed E-state index contributed by atoms with van der Waals surface area (Å²) in [5.41, 5.74) is 0. The highest BCUT2D eigenvalue weighted by atomic mass is 16.3. The number of aliphatic hydroxyl groups excluding tert-OH is 1. The number of aliphatic hydroxyl groups is 1. The molecule has 3 aliphatic rings. The second-order valence-electron chi connectivity index (χ2n) is 7.01. The van der Waals surface area contributed by atoms with E-state index >= 15 is 0 Å². The molecule has 0 amide bonds. The van der Waals surface area contributed by atoms with Gasteiger partial charge in [-0.25, -0.2) is 4.68 Å². The van der Waals surface area contributed by atoms with Crippen LogP contribution in [0.5, 0.6) is 0 Å². The highest BCUT2D eigenvalue weighted by Crippen LogP contribution is 2.35. The Hall–Kier alpha value is -1.05. The second-order valence-corrected chi connectivity index (χ2v) is 7.01. The van der Waals surface area contributed by atoms with Gasteiger partial charge in [-0.3, -0.25) is 9.80 Å². The van der Waals surface area contributed by atoms with Crippen molar-refractivity contribution in [1.29, 1.82) is 0 Å². The molecule has 1 aliphatic carbocycles. The van der Waals surface area contributed by atoms with Crippen molar-refractivity contribution in [3.63, 3.8) is 0 Å². The van der Waals surface area contributed by atoms with Crippen LogP contribution in [0.4, 0.5) is 0 Å². The lowest BCUT2D eigenvalue weighted by molar-refractivity contribution is 0.118. The van der Waals surface area contributed by atoms with Gasteiger partial charge in [-0.1, -0.05) is 0 Å². The standard InChI is InChI=1S/C15H26N6O/c22-11-14-4-2-7-19(14)9-13-3-1-8-20(13)10-15-16-17-18-21(15)12-5-6-12/h12-14,22H,1-11H2. The van der Waals surface area contributed by atoms with Gasteiger partial charge in [0, 0.05) is 18.6 Å². The molecule has 4 rings (SSSR count). The summed E-state index contributed by atoms with van der Waals surface area (Å²) >= 11 is 0. The van der Waals surface area contributed by atoms with Crippen LogP contribution in [0, 0.1) is 0 Å². The Kier molecular flexibility index (Phi) is 4.11. The minimum atomic E-state index is 0.298. The van der Waals surface area contributed by atoms with Crippen molar-refractivity contribution in [2.24, 2.45) is 0 Å². The van der Waals surface area contributed by atoms with Crippen molar-refractivity contribution >= 4 is 0 Å². The van der Waals surface area contributed by atoms with Crippen molar-refractivity contribution in [2.45, 2.75) is 63.2 Å². The molecule has 2 saturated heterocycles. The van der Waals surface area contributed by atoms with Crippen LogP contribution in [0.2, 0.25) is 0 Å². The fourth-order valence-corrected chi connectivity index (χ4v) is 4.02. The molecule has 122 valence electrons. The first-order valence-corrected chi connectivity index (χ1v) is 8.71. The van der Waals surface area contributed by atoms with E-state index in [4.69, 9.17) is 0 Å². The number of aromatic nitrogens is 4. The predicted octanol–water partition coefficient (Wildman–Crippen LogP) is 0.429. The molecule has 0 spiro atoms. The Morgan fingerprint density at radius 3 is 2.55 bits per heavy atom. The molecule has 0 bridgehead atoms. The van der Waals surface area contributed by atoms with Gasteiger partial charge in [0.15, 0.2) is 5.82 Å². The van der Waals surface area contributed by atoms with E-state index in [0.717, 1.165) is 38.4 Å². The smallest absolute Gasteiger partial charge is 0.165 e. The van der Waals surface area contributed by atoms with Crippen LogP contribution in [0.25, 0.3) is 0 Å². The lowest BCUT2D eigenvalue weighted by Crippen LogP contribution is -2.43. The van der Waals surface area contributed by atoms with Crippen LogP contribution < -0.4 is 0 Å². The van der Waals surface area contributed by atoms with E-state index in [1.165, 1.54) is 32.1 Å². The Morgan fingerprint density at radius 2 is 1.77 bits per heavy atom. The molecule has 7 nitrogen and oxygen atoms in total. The predicted molar refractivity (Wildman–Crippen MR) is 81.2 cm³/mol. The van der Waals surface area contributed by atoms with Gasteiger partial charge in [0.25, 0.3) is 0 Å². The number of hydrogen-bond acceptors (Lipinski definition) is 6. The third-order valence-corrected chi connectivity index (χ3v) is 5.45. The Morgan fingerprint density at radius 1 is 1.00 bits per heavy atom. The summed E-state index contributed by atoms with van der Waals surface area (Å²) < 4.78 is 2.03. The lowest BCUT2D eigenvalue weighted by Gasteiger charge is -2.31. The maximum atomic E-state index is 9.50. The molecule has 1 N–H and O–H groups in total. The third-order valence-electron chi connectivity index (χ3n) is 5.45. The van der Waals surface area contributed by atoms with Gasteiger partial charge in [-0.2, -0.15) is 0 Å². The van der Waals surface area contributed by atoms with Crippen molar-refractivity contribution in [3.05, 3.63) is 5.82 Å². The zero-order valence-corrected chi connectivity index (χ0v) is 13.1. The quantitative estimate of drug-likeness (QED) is 0.822. The molecule has 0 radical (unpaired) electrons. The number of rotatable bonds is 6. The summed E-state index contributed by atoms with van der Waals surface area (Å²) in [5, 5.41) is 21.8. The fraction of sp³-hybridized carbons (Fsp3) is 0.933. The summed E-state index contributed by atoms with van der Waals surface area (Å²) in [6, 6.07) is 1.50. The monoisotopic (exact) mass is 306 g/mol. The SMILES string of the molecule is OCC1CCCN1CC1CCCN1Cc1nnnn1C1CC1. The van der Waals surface area contributed by atoms with Crippen LogP contribution in [-0.4, -0.2) is 73.4 Å². The van der Waals surface area contributed by atoms with Gasteiger partial charge in [-0.15, -0.1) is 5.10 Å². The van der Waals surface area contributed by atoms with E-state index in [-0.39, 0.29) is 0 Å². The number of tetrazole rings is 1. The largest absolute Gasteiger partial charge is 0.395 e. The molecule has 3 heterocycles. The van der Waals surface area contributed by atoms with Gasteiger partial charge in [-0.05, 0) is 62.0 Å². The highest BCUT2D eigenvalue weighted by Gasteiger charge is 2.33. The lowest BCUT2D eigenvalue weighted by atomic mass is 10.2. The van der Waals surface area contributed by atoms with Crippen molar-refractivity contribution in [3.8, 4) is 0 Å². The van der Waals surface area contributed by atoms with E-state index in [0.29, 0.717) is 24.7 Å². The van der Waals surface area contributed by atoms with Crippen LogP contribution in [-0.2, 0) is 6.54 Å². The van der Waals surface area contributed by atoms with E-state index in [2.05, 4.69) is 25.3 Å². The molecule has 1 aromatic heterocycles. The zero-order valence-electron chi connectivity index (χ0n) is 13.1. The number of hydrogen-bond donors (Lipinski definition) is 1. The molecule has 2 unspecified atom stereocenters. The van der Waals surface area contributed by atoms with E-state index < -0.39 is 0 Å². The Balaban J connectivity index is 1.39. The second kappa shape index (κ2) is 6.22. The molecule has 2 aliphatic heterocycles. The molecular formula is C15H26N6O. The molecule has 1 aromatic rings. The first-order chi connectivity index (χ1) is 10.8. The first-order valence-electron chi connectivity index (χ1n) is 8.71. The van der Waals surface area contributed by atoms with Gasteiger partial charge >= 0.3 is 0 Å². The minimum absolute atomic E-state index is 0.298. The maximum Gasteiger partial charge on any atom is 0.165 e. The summed E-state index contributed by atoms with van der Waals surface area (Å²) in [7, 11) is 0. The highest BCUT2D eigenvalue weighted by molar-refractivity contribution is 4.94. The molecule has 22 heavy (non-hydrogen) atoms. The van der Waals surface area contributed by atoms with Crippen LogP contribution >= 0.6 is 0 Å². The van der Waals surface area contributed by atoms with Crippen molar-refractivity contribution in [2.75, 3.05) is 26.2 Å². The fourth-order valence-electron chi connectivity index (χ4n) is 4.02. The topological polar surface area (TPSA) is 70.3 Å². The van der Waals surface area contributed by atoms with Gasteiger partial charge < -0.3 is 5.11 Å². The van der Waals surface area contributed by atoms with E-state index in [1.54, 1.807) is 0 Å². The Bertz CT molecular complexity index is 502. The summed E-state index contributed by atoms with van der Waals surface area (Å²) in [5.74, 6) is 1.02. The third kappa shape index (κ3) is 2.89. The van der Waals surface area contributed by atoms with Crippen LogP contribution in [0.15, 0.2) is 0 Å². The molecule has 2 atom stereocenters. The van der Waals surface area contributed by atoms with Gasteiger partial charge in [0.1, 0.15) is 0 Å². The number of nitrogens with zero attached hydrogens (tertiary/aromatic N) is 6. The van der Waals surface area contributed by atoms with Crippen molar-refractivity contribution in [1.82, 2.24) is 30.0 Å². The molecule has 3 fully saturated rings. The first kappa shape index (κ1) is 14.5. The van der Waals surface area contributed by atoms with Gasteiger partial charge in [0.05, 0.1) is 19.2 Å². The normalized spacial score (nSPS) is 30.4. The van der Waals surface area contributed by atoms with Crippen LogP contribution in [0.3, 0.4) is 0 Å². The molecular weight excluding hydrogens is 280 g/mol. The molecule has 0 aromatic carbocycles. The van der Waals surface area contributed by atoms with E-state index in [1.807, 2.05) is 4.68 Å². The molecule has 7 heteroatoms. The average Bonchev–Trinajstić information content (AvgIpc) is 2.94. The summed E-state index contributed by atoms with van der Waals surface area (Å²) in [4.78, 5) is 5.02. The maximum absolute atomic E-state index is 9.50. The average molecular weight is 306 g/mol.